The lowest BCUT2D eigenvalue weighted by molar-refractivity contribution is -0.139. The molecule has 0 fully saturated rings. The first-order chi connectivity index (χ1) is 26.8. The van der Waals surface area contributed by atoms with E-state index in [1.807, 2.05) is 64.3 Å². The van der Waals surface area contributed by atoms with Crippen LogP contribution in [-0.2, 0) is 38.1 Å². The molecule has 56 heavy (non-hydrogen) atoms. The fraction of sp³-hybridized carbons (Fsp3) is 0.429. The first-order valence-corrected chi connectivity index (χ1v) is 19.3. The summed E-state index contributed by atoms with van der Waals surface area (Å²) in [6.45, 7) is 13.3. The molecule has 0 unspecified atom stereocenters. The van der Waals surface area contributed by atoms with Gasteiger partial charge in [-0.2, -0.15) is 0 Å². The van der Waals surface area contributed by atoms with Crippen molar-refractivity contribution in [2.24, 2.45) is 0 Å². The number of carbonyl (C=O) groups excluding carboxylic acids is 4. The summed E-state index contributed by atoms with van der Waals surface area (Å²) in [7, 11) is 3.68. The summed E-state index contributed by atoms with van der Waals surface area (Å²) in [6, 6.07) is 14.4. The number of halogens is 2. The smallest absolute Gasteiger partial charge is 0.336 e. The molecular formula is C42H54Cl2N4O8. The molecule has 2 atom stereocenters. The number of carbonyl (C=O) groups is 4. The first-order valence-electron chi connectivity index (χ1n) is 18.5. The van der Waals surface area contributed by atoms with Crippen LogP contribution in [0.4, 0.5) is 0 Å². The van der Waals surface area contributed by atoms with E-state index in [1.165, 1.54) is 13.8 Å². The van der Waals surface area contributed by atoms with Crippen molar-refractivity contribution >= 4 is 46.7 Å². The number of esters is 2. The number of rotatable bonds is 18. The minimum Gasteiger partial charge on any atom is -0.463 e. The van der Waals surface area contributed by atoms with Crippen LogP contribution >= 0.6 is 23.2 Å². The number of hydrogen-bond donors (Lipinski definition) is 4. The Labute approximate surface area is 340 Å². The summed E-state index contributed by atoms with van der Waals surface area (Å²) >= 11 is 12.9. The number of dihydropyridines is 2. The highest BCUT2D eigenvalue weighted by atomic mass is 35.5. The van der Waals surface area contributed by atoms with Gasteiger partial charge in [0.1, 0.15) is 0 Å². The van der Waals surface area contributed by atoms with Crippen LogP contribution in [0.5, 0.6) is 0 Å². The van der Waals surface area contributed by atoms with Crippen molar-refractivity contribution in [3.63, 3.8) is 0 Å². The molecule has 0 saturated carbocycles. The van der Waals surface area contributed by atoms with Gasteiger partial charge in [0, 0.05) is 57.5 Å². The van der Waals surface area contributed by atoms with Gasteiger partial charge < -0.3 is 40.2 Å². The van der Waals surface area contributed by atoms with E-state index in [2.05, 4.69) is 21.3 Å². The van der Waals surface area contributed by atoms with Gasteiger partial charge in [0.05, 0.1) is 62.2 Å². The molecule has 4 rings (SSSR count). The molecular weight excluding hydrogens is 759 g/mol. The van der Waals surface area contributed by atoms with E-state index < -0.39 is 23.8 Å². The molecule has 4 N–H and O–H groups in total. The highest BCUT2D eigenvalue weighted by molar-refractivity contribution is 6.32. The van der Waals surface area contributed by atoms with Crippen LogP contribution < -0.4 is 21.3 Å². The number of allylic oxidation sites excluding steroid dienone is 4. The summed E-state index contributed by atoms with van der Waals surface area (Å²) in [4.78, 5) is 50.8. The van der Waals surface area contributed by atoms with E-state index in [-0.39, 0.29) is 38.0 Å². The van der Waals surface area contributed by atoms with Gasteiger partial charge in [-0.25, -0.2) is 9.59 Å². The van der Waals surface area contributed by atoms with Gasteiger partial charge in [-0.3, -0.25) is 9.59 Å². The summed E-state index contributed by atoms with van der Waals surface area (Å²) in [5, 5.41) is 13.3. The van der Waals surface area contributed by atoms with Crippen molar-refractivity contribution < 1.29 is 38.1 Å². The molecule has 0 radical (unpaired) electrons. The van der Waals surface area contributed by atoms with Crippen LogP contribution in [0.3, 0.4) is 0 Å². The number of benzene rings is 2. The Morgan fingerprint density at radius 3 is 1.29 bits per heavy atom. The monoisotopic (exact) mass is 812 g/mol. The highest BCUT2D eigenvalue weighted by Crippen LogP contribution is 2.43. The molecule has 12 nitrogen and oxygen atoms in total. The zero-order valence-corrected chi connectivity index (χ0v) is 35.0. The van der Waals surface area contributed by atoms with Crippen molar-refractivity contribution in [1.29, 1.82) is 0 Å². The van der Waals surface area contributed by atoms with Crippen molar-refractivity contribution in [2.45, 2.75) is 53.4 Å². The van der Waals surface area contributed by atoms with E-state index in [4.69, 9.17) is 42.1 Å². The van der Waals surface area contributed by atoms with Gasteiger partial charge >= 0.3 is 11.9 Å². The fourth-order valence-corrected chi connectivity index (χ4v) is 7.08. The second-order valence-electron chi connectivity index (χ2n) is 12.9. The molecule has 304 valence electrons. The number of likely N-dealkylation sites (N-methyl/N-ethyl adjacent to an activating group) is 2. The molecule has 0 bridgehead atoms. The Morgan fingerprint density at radius 1 is 0.625 bits per heavy atom. The van der Waals surface area contributed by atoms with Crippen LogP contribution in [0.1, 0.15) is 64.5 Å². The van der Waals surface area contributed by atoms with Crippen molar-refractivity contribution in [3.05, 3.63) is 115 Å². The Bertz CT molecular complexity index is 1740. The van der Waals surface area contributed by atoms with Crippen molar-refractivity contribution in [3.8, 4) is 0 Å². The SMILES string of the molecule is CCOC(=O)C1=C(COCCNC)NC(C)=C(C(C)=O)[C@@H]1c1ccccc1Cl.CCOC(=O)C1=C(COCCNC)NC(C)=C(C(C)=O)[C@H]1c1ccccc1Cl. The lowest BCUT2D eigenvalue weighted by Crippen LogP contribution is -2.34. The molecule has 14 heteroatoms. The molecule has 2 aromatic carbocycles. The third-order valence-electron chi connectivity index (χ3n) is 8.96. The molecule has 2 aliphatic heterocycles. The topological polar surface area (TPSA) is 153 Å². The summed E-state index contributed by atoms with van der Waals surface area (Å²) in [5.74, 6) is -2.47. The minimum atomic E-state index is -0.616. The molecule has 0 amide bonds. The number of ketones is 2. The van der Waals surface area contributed by atoms with Crippen LogP contribution in [0.2, 0.25) is 10.0 Å². The van der Waals surface area contributed by atoms with Gasteiger partial charge in [-0.1, -0.05) is 59.6 Å². The Morgan fingerprint density at radius 2 is 0.982 bits per heavy atom. The maximum Gasteiger partial charge on any atom is 0.336 e. The van der Waals surface area contributed by atoms with E-state index in [9.17, 15) is 19.2 Å². The lowest BCUT2D eigenvalue weighted by Gasteiger charge is -2.32. The van der Waals surface area contributed by atoms with E-state index >= 15 is 0 Å². The number of hydrogen-bond acceptors (Lipinski definition) is 12. The second kappa shape index (κ2) is 23.1. The molecule has 2 aliphatic rings. The van der Waals surface area contributed by atoms with Crippen LogP contribution in [-0.4, -0.2) is 90.3 Å². The minimum absolute atomic E-state index is 0.133. The normalized spacial score (nSPS) is 16.8. The van der Waals surface area contributed by atoms with E-state index in [0.717, 1.165) is 0 Å². The Hall–Kier alpha value is -4.30. The standard InChI is InChI=1S/2C21H27ClN2O4/c2*1-5-28-21(26)20-17(12-27-11-10-23-4)24-13(2)18(14(3)25)19(20)15-8-6-7-9-16(15)22/h2*6-9,19,23-24H,5,10-12H2,1-4H3/t2*19-/m10/s1. The Kier molecular flexibility index (Phi) is 19.0. The van der Waals surface area contributed by atoms with Crippen LogP contribution in [0.15, 0.2) is 93.6 Å². The largest absolute Gasteiger partial charge is 0.463 e. The summed E-state index contributed by atoms with van der Waals surface area (Å²) in [6.07, 6.45) is 0. The third kappa shape index (κ3) is 11.9. The fourth-order valence-electron chi connectivity index (χ4n) is 6.59. The average Bonchev–Trinajstić information content (AvgIpc) is 3.15. The number of Topliss-reactive ketones (excluding diaryl/α,β-unsaturated/α-hetero) is 2. The second-order valence-corrected chi connectivity index (χ2v) is 13.7. The van der Waals surface area contributed by atoms with E-state index in [0.29, 0.717) is 92.6 Å². The van der Waals surface area contributed by atoms with Gasteiger partial charge in [0.2, 0.25) is 0 Å². The zero-order chi connectivity index (χ0) is 41.4. The molecule has 0 saturated heterocycles. The molecule has 2 aromatic rings. The van der Waals surface area contributed by atoms with Crippen LogP contribution in [0.25, 0.3) is 0 Å². The van der Waals surface area contributed by atoms with Gasteiger partial charge in [0.15, 0.2) is 11.6 Å². The predicted octanol–water partition coefficient (Wildman–Crippen LogP) is 5.89. The first kappa shape index (κ1) is 46.1. The van der Waals surface area contributed by atoms with Gasteiger partial charge in [-0.05, 0) is 78.9 Å². The van der Waals surface area contributed by atoms with Gasteiger partial charge in [0.25, 0.3) is 0 Å². The Balaban J connectivity index is 0.000000300. The maximum absolute atomic E-state index is 12.9. The number of ether oxygens (including phenoxy) is 4. The zero-order valence-electron chi connectivity index (χ0n) is 33.5. The third-order valence-corrected chi connectivity index (χ3v) is 9.65. The summed E-state index contributed by atoms with van der Waals surface area (Å²) < 4.78 is 22.0. The predicted molar refractivity (Wildman–Crippen MR) is 218 cm³/mol. The molecule has 2 heterocycles. The molecule has 0 spiro atoms. The average molecular weight is 814 g/mol. The van der Waals surface area contributed by atoms with Crippen LogP contribution in [0, 0.1) is 0 Å². The van der Waals surface area contributed by atoms with E-state index in [1.54, 1.807) is 26.0 Å². The molecule has 0 aliphatic carbocycles. The maximum atomic E-state index is 12.9. The van der Waals surface area contributed by atoms with Crippen molar-refractivity contribution in [1.82, 2.24) is 21.3 Å². The molecule has 0 aromatic heterocycles. The van der Waals surface area contributed by atoms with Crippen molar-refractivity contribution in [2.75, 3.05) is 66.8 Å². The summed E-state index contributed by atoms with van der Waals surface area (Å²) in [5.41, 5.74) is 5.60. The quantitative estimate of drug-likeness (QED) is 0.105. The van der Waals surface area contributed by atoms with Gasteiger partial charge in [-0.15, -0.1) is 0 Å². The lowest BCUT2D eigenvalue weighted by atomic mass is 9.79. The highest BCUT2D eigenvalue weighted by Gasteiger charge is 2.39. The number of nitrogens with one attached hydrogen (secondary N) is 4.